The lowest BCUT2D eigenvalue weighted by Crippen LogP contribution is -2.28. The van der Waals surface area contributed by atoms with Gasteiger partial charge in [-0.3, -0.25) is 0 Å². The van der Waals surface area contributed by atoms with E-state index in [0.29, 0.717) is 36.2 Å². The van der Waals surface area contributed by atoms with E-state index in [-0.39, 0.29) is 23.3 Å². The van der Waals surface area contributed by atoms with E-state index in [1.807, 2.05) is 0 Å². The van der Waals surface area contributed by atoms with Gasteiger partial charge in [0.1, 0.15) is 0 Å². The number of hydrogen-bond acceptors (Lipinski definition) is 6. The number of hydrogen-bond donors (Lipinski definition) is 0. The van der Waals surface area contributed by atoms with E-state index < -0.39 is 11.9 Å². The highest BCUT2D eigenvalue weighted by molar-refractivity contribution is 5.93. The largest absolute Gasteiger partial charge is 0.545 e. The van der Waals surface area contributed by atoms with Crippen LogP contribution < -0.4 is 10.2 Å². The maximum absolute atomic E-state index is 11.9. The van der Waals surface area contributed by atoms with Crippen molar-refractivity contribution in [3.8, 4) is 0 Å². The number of ether oxygens (including phenoxy) is 2. The number of epoxide rings is 2. The second-order valence-electron chi connectivity index (χ2n) is 11.3. The number of carboxylic acid groups (broad SMARTS) is 2. The Morgan fingerprint density at radius 1 is 0.579 bits per heavy atom. The molecule has 0 saturated carbocycles. The Balaban J connectivity index is 1.49. The van der Waals surface area contributed by atoms with E-state index in [4.69, 9.17) is 9.47 Å². The summed E-state index contributed by atoms with van der Waals surface area (Å²) in [5.74, 6) is -2.51. The average molecular weight is 529 g/mol. The monoisotopic (exact) mass is 528 g/mol. The third kappa shape index (κ3) is 10.00. The normalized spacial score (nSPS) is 21.9. The van der Waals surface area contributed by atoms with Crippen LogP contribution in [0.1, 0.15) is 148 Å². The van der Waals surface area contributed by atoms with Gasteiger partial charge in [0.05, 0.1) is 36.4 Å². The summed E-state index contributed by atoms with van der Waals surface area (Å²) < 4.78 is 11.7. The zero-order valence-corrected chi connectivity index (χ0v) is 23.6. The van der Waals surface area contributed by atoms with E-state index >= 15 is 0 Å². The zero-order valence-electron chi connectivity index (χ0n) is 23.6. The van der Waals surface area contributed by atoms with Crippen LogP contribution in [0.15, 0.2) is 12.1 Å². The summed E-state index contributed by atoms with van der Waals surface area (Å²) >= 11 is 0. The summed E-state index contributed by atoms with van der Waals surface area (Å²) in [5, 5.41) is 23.8. The fraction of sp³-hybridized carbons (Fsp3) is 0.750. The van der Waals surface area contributed by atoms with Crippen LogP contribution in [0.3, 0.4) is 0 Å². The van der Waals surface area contributed by atoms with Crippen molar-refractivity contribution in [1.82, 2.24) is 0 Å². The van der Waals surface area contributed by atoms with Crippen LogP contribution in [0.5, 0.6) is 0 Å². The number of aromatic carboxylic acids is 2. The summed E-state index contributed by atoms with van der Waals surface area (Å²) in [5.41, 5.74) is 1.38. The Bertz CT molecular complexity index is 810. The van der Waals surface area contributed by atoms with Crippen molar-refractivity contribution in [2.24, 2.45) is 0 Å². The molecule has 38 heavy (non-hydrogen) atoms. The number of carbonyl (C=O) groups excluding carboxylic acids is 2. The minimum atomic E-state index is -1.26. The first-order valence-electron chi connectivity index (χ1n) is 15.3. The molecule has 4 unspecified atom stereocenters. The van der Waals surface area contributed by atoms with Crippen molar-refractivity contribution in [1.29, 1.82) is 0 Å². The molecule has 4 atom stereocenters. The first-order chi connectivity index (χ1) is 18.5. The Morgan fingerprint density at radius 3 is 1.26 bits per heavy atom. The molecule has 6 heteroatoms. The Morgan fingerprint density at radius 2 is 0.921 bits per heavy atom. The van der Waals surface area contributed by atoms with Gasteiger partial charge >= 0.3 is 0 Å². The van der Waals surface area contributed by atoms with E-state index in [2.05, 4.69) is 13.8 Å². The molecule has 3 rings (SSSR count). The Labute approximate surface area is 229 Å². The topological polar surface area (TPSA) is 105 Å². The average Bonchev–Trinajstić information content (AvgIpc) is 3.81. The highest BCUT2D eigenvalue weighted by Crippen LogP contribution is 2.34. The maximum atomic E-state index is 11.9. The molecule has 0 spiro atoms. The second kappa shape index (κ2) is 16.2. The molecule has 214 valence electrons. The number of benzene rings is 1. The molecule has 2 aliphatic heterocycles. The molecule has 0 aliphatic carbocycles. The van der Waals surface area contributed by atoms with Crippen LogP contribution in [-0.4, -0.2) is 36.4 Å². The molecule has 2 saturated heterocycles. The summed E-state index contributed by atoms with van der Waals surface area (Å²) in [4.78, 5) is 23.8. The SMILES string of the molecule is CCCCCCCC1OC1CCCc1c(C(=O)[O-])ccc(C(=O)[O-])c1CCCC1OC1CCCCCCC. The fourth-order valence-electron chi connectivity index (χ4n) is 5.88. The van der Waals surface area contributed by atoms with Crippen molar-refractivity contribution in [3.05, 3.63) is 34.4 Å². The Hall–Kier alpha value is -1.92. The molecule has 2 heterocycles. The Kier molecular flexibility index (Phi) is 13.1. The smallest absolute Gasteiger partial charge is 0.0842 e. The maximum Gasteiger partial charge on any atom is 0.0842 e. The van der Waals surface area contributed by atoms with Crippen LogP contribution in [0.25, 0.3) is 0 Å². The van der Waals surface area contributed by atoms with E-state index in [9.17, 15) is 19.8 Å². The summed E-state index contributed by atoms with van der Waals surface area (Å²) in [6, 6.07) is 2.73. The van der Waals surface area contributed by atoms with Gasteiger partial charge in [0.25, 0.3) is 0 Å². The van der Waals surface area contributed by atoms with Gasteiger partial charge in [-0.15, -0.1) is 0 Å². The molecule has 0 aromatic heterocycles. The van der Waals surface area contributed by atoms with Crippen LogP contribution in [-0.2, 0) is 22.3 Å². The van der Waals surface area contributed by atoms with E-state index in [1.165, 1.54) is 76.3 Å². The number of carboxylic acids is 2. The summed E-state index contributed by atoms with van der Waals surface area (Å²) in [6.07, 6.45) is 20.1. The van der Waals surface area contributed by atoms with Gasteiger partial charge in [-0.05, 0) is 62.5 Å². The van der Waals surface area contributed by atoms with Gasteiger partial charge in [0.15, 0.2) is 0 Å². The van der Waals surface area contributed by atoms with Gasteiger partial charge in [-0.2, -0.15) is 0 Å². The molecule has 6 nitrogen and oxygen atoms in total. The molecule has 0 bridgehead atoms. The van der Waals surface area contributed by atoms with Crippen molar-refractivity contribution in [3.63, 3.8) is 0 Å². The first kappa shape index (κ1) is 30.6. The van der Waals surface area contributed by atoms with Gasteiger partial charge < -0.3 is 29.3 Å². The molecule has 1 aromatic rings. The van der Waals surface area contributed by atoms with Gasteiger partial charge in [-0.25, -0.2) is 0 Å². The molecule has 2 fully saturated rings. The molecule has 0 radical (unpaired) electrons. The molecular weight excluding hydrogens is 480 g/mol. The predicted octanol–water partition coefficient (Wildman–Crippen LogP) is 5.31. The molecule has 0 N–H and O–H groups in total. The number of rotatable bonds is 22. The highest BCUT2D eigenvalue weighted by Gasteiger charge is 2.38. The molecule has 0 amide bonds. The van der Waals surface area contributed by atoms with Crippen LogP contribution >= 0.6 is 0 Å². The third-order valence-corrected chi connectivity index (χ3v) is 8.26. The van der Waals surface area contributed by atoms with Crippen molar-refractivity contribution < 1.29 is 29.3 Å². The fourth-order valence-corrected chi connectivity index (χ4v) is 5.88. The number of carbonyl (C=O) groups is 2. The quantitative estimate of drug-likeness (QED) is 0.149. The summed E-state index contributed by atoms with van der Waals surface area (Å²) in [7, 11) is 0. The zero-order chi connectivity index (χ0) is 27.3. The van der Waals surface area contributed by atoms with Crippen molar-refractivity contribution in [2.75, 3.05) is 0 Å². The third-order valence-electron chi connectivity index (χ3n) is 8.26. The lowest BCUT2D eigenvalue weighted by Gasteiger charge is -2.20. The van der Waals surface area contributed by atoms with Gasteiger partial charge in [-0.1, -0.05) is 90.2 Å². The highest BCUT2D eigenvalue weighted by atomic mass is 16.6. The molecule has 1 aromatic carbocycles. The minimum absolute atomic E-state index is 0.0989. The summed E-state index contributed by atoms with van der Waals surface area (Å²) in [6.45, 7) is 4.43. The lowest BCUT2D eigenvalue weighted by molar-refractivity contribution is -0.256. The van der Waals surface area contributed by atoms with E-state index in [1.54, 1.807) is 0 Å². The lowest BCUT2D eigenvalue weighted by atomic mass is 9.88. The van der Waals surface area contributed by atoms with Crippen molar-refractivity contribution in [2.45, 2.75) is 154 Å². The molecular formula is C32H48O6-2. The first-order valence-corrected chi connectivity index (χ1v) is 15.3. The van der Waals surface area contributed by atoms with Crippen LogP contribution in [0, 0.1) is 0 Å². The van der Waals surface area contributed by atoms with Gasteiger partial charge in [0.2, 0.25) is 0 Å². The molecule has 2 aliphatic rings. The van der Waals surface area contributed by atoms with E-state index in [0.717, 1.165) is 38.5 Å². The van der Waals surface area contributed by atoms with Crippen LogP contribution in [0.2, 0.25) is 0 Å². The standard InChI is InChI=1S/C32H50O6/c1-3-5-7-9-11-17-27-29(37-27)19-13-15-23-24(26(32(35)36)22-21-25(23)31(33)34)16-14-20-30-28(38-30)18-12-10-8-6-4-2/h21-22,27-30H,3-20H2,1-2H3,(H,33,34)(H,35,36)/p-2. The minimum Gasteiger partial charge on any atom is -0.545 e. The second-order valence-corrected chi connectivity index (χ2v) is 11.3. The van der Waals surface area contributed by atoms with Crippen LogP contribution in [0.4, 0.5) is 0 Å². The number of unbranched alkanes of at least 4 members (excludes halogenated alkanes) is 8. The van der Waals surface area contributed by atoms with Gasteiger partial charge in [0, 0.05) is 11.1 Å². The predicted molar refractivity (Wildman–Crippen MR) is 145 cm³/mol. The van der Waals surface area contributed by atoms with Crippen molar-refractivity contribution >= 4 is 11.9 Å².